The maximum atomic E-state index is 11.9. The average Bonchev–Trinajstić information content (AvgIpc) is 2.38. The Hall–Kier alpha value is -0.820. The summed E-state index contributed by atoms with van der Waals surface area (Å²) in [4.78, 5) is 4.05. The third-order valence-electron chi connectivity index (χ3n) is 2.80. The molecule has 0 aliphatic carbocycles. The second-order valence-electron chi connectivity index (χ2n) is 4.18. The molecule has 0 amide bonds. The van der Waals surface area contributed by atoms with Crippen molar-refractivity contribution in [1.82, 2.24) is 14.9 Å². The van der Waals surface area contributed by atoms with Gasteiger partial charge in [-0.3, -0.25) is 4.99 Å². The molecule has 0 saturated carbocycles. The van der Waals surface area contributed by atoms with E-state index in [1.165, 1.54) is 4.31 Å². The summed E-state index contributed by atoms with van der Waals surface area (Å²) in [5.41, 5.74) is 0. The van der Waals surface area contributed by atoms with Gasteiger partial charge >= 0.3 is 0 Å². The predicted molar refractivity (Wildman–Crippen MR) is 81.0 cm³/mol. The first-order chi connectivity index (χ1) is 9.01. The zero-order valence-corrected chi connectivity index (χ0v) is 13.4. The number of nitrogens with zero attached hydrogens (tertiary/aromatic N) is 2. The quantitative estimate of drug-likeness (QED) is 0.371. The van der Waals surface area contributed by atoms with Crippen molar-refractivity contribution >= 4 is 16.0 Å². The van der Waals surface area contributed by atoms with Crippen molar-refractivity contribution in [3.63, 3.8) is 0 Å². The first kappa shape index (κ1) is 18.2. The Morgan fingerprint density at radius 2 is 1.68 bits per heavy atom. The zero-order valence-electron chi connectivity index (χ0n) is 12.6. The molecule has 0 aromatic carbocycles. The summed E-state index contributed by atoms with van der Waals surface area (Å²) in [5, 5.41) is 6.16. The van der Waals surface area contributed by atoms with Crippen LogP contribution in [0.1, 0.15) is 33.6 Å². The number of hydrogen-bond acceptors (Lipinski definition) is 3. The Kier molecular flexibility index (Phi) is 9.59. The molecule has 0 aliphatic rings. The van der Waals surface area contributed by atoms with Gasteiger partial charge in [-0.1, -0.05) is 27.2 Å². The highest BCUT2D eigenvalue weighted by Crippen LogP contribution is 1.99. The van der Waals surface area contributed by atoms with Crippen LogP contribution in [-0.4, -0.2) is 57.7 Å². The number of rotatable bonds is 9. The van der Waals surface area contributed by atoms with Crippen molar-refractivity contribution in [2.24, 2.45) is 4.99 Å². The van der Waals surface area contributed by atoms with Gasteiger partial charge in [0.25, 0.3) is 0 Å². The summed E-state index contributed by atoms with van der Waals surface area (Å²) >= 11 is 0. The number of nitrogens with one attached hydrogen (secondary N) is 2. The van der Waals surface area contributed by atoms with Crippen LogP contribution in [0.4, 0.5) is 0 Å². The Labute approximate surface area is 117 Å². The monoisotopic (exact) mass is 292 g/mol. The van der Waals surface area contributed by atoms with Crippen molar-refractivity contribution in [1.29, 1.82) is 0 Å². The number of unbranched alkanes of at least 4 members (excludes halogenated alkanes) is 1. The molecule has 0 saturated heterocycles. The molecule has 0 unspecified atom stereocenters. The molecule has 0 aromatic rings. The summed E-state index contributed by atoms with van der Waals surface area (Å²) < 4.78 is 25.4. The summed E-state index contributed by atoms with van der Waals surface area (Å²) in [6, 6.07) is 0. The molecule has 7 heteroatoms. The average molecular weight is 292 g/mol. The van der Waals surface area contributed by atoms with Crippen molar-refractivity contribution in [3.05, 3.63) is 0 Å². The van der Waals surface area contributed by atoms with Gasteiger partial charge in [-0.25, -0.2) is 12.7 Å². The minimum absolute atomic E-state index is 0.0865. The van der Waals surface area contributed by atoms with Crippen molar-refractivity contribution < 1.29 is 8.42 Å². The van der Waals surface area contributed by atoms with Crippen LogP contribution in [0.5, 0.6) is 0 Å². The van der Waals surface area contributed by atoms with Crippen molar-refractivity contribution in [3.8, 4) is 0 Å². The lowest BCUT2D eigenvalue weighted by molar-refractivity contribution is 0.445. The molecule has 114 valence electrons. The molecule has 0 spiro atoms. The Balaban J connectivity index is 4.12. The maximum Gasteiger partial charge on any atom is 0.215 e. The summed E-state index contributed by atoms with van der Waals surface area (Å²) in [6.07, 6.45) is 2.18. The normalized spacial score (nSPS) is 12.8. The summed E-state index contributed by atoms with van der Waals surface area (Å²) in [5.74, 6) is 0.742. The van der Waals surface area contributed by atoms with Crippen LogP contribution in [0.3, 0.4) is 0 Å². The molecular formula is C12H28N4O2S. The third kappa shape index (κ3) is 7.37. The van der Waals surface area contributed by atoms with Crippen LogP contribution in [0, 0.1) is 0 Å². The number of guanidine groups is 1. The van der Waals surface area contributed by atoms with Gasteiger partial charge in [-0.2, -0.15) is 0 Å². The smallest absolute Gasteiger partial charge is 0.215 e. The van der Waals surface area contributed by atoms with E-state index in [0.717, 1.165) is 19.4 Å². The minimum Gasteiger partial charge on any atom is -0.356 e. The van der Waals surface area contributed by atoms with Crippen molar-refractivity contribution in [2.75, 3.05) is 39.0 Å². The van der Waals surface area contributed by atoms with Gasteiger partial charge in [0.05, 0.1) is 5.75 Å². The Morgan fingerprint density at radius 1 is 1.11 bits per heavy atom. The second-order valence-corrected chi connectivity index (χ2v) is 6.27. The van der Waals surface area contributed by atoms with E-state index < -0.39 is 10.0 Å². The van der Waals surface area contributed by atoms with Gasteiger partial charge in [0.1, 0.15) is 0 Å². The zero-order chi connectivity index (χ0) is 14.7. The third-order valence-corrected chi connectivity index (χ3v) is 4.82. The van der Waals surface area contributed by atoms with E-state index in [1.54, 1.807) is 7.05 Å². The molecule has 0 fully saturated rings. The Bertz CT molecular complexity index is 351. The summed E-state index contributed by atoms with van der Waals surface area (Å²) in [7, 11) is -1.48. The number of aliphatic imine (C=N–C) groups is 1. The van der Waals surface area contributed by atoms with E-state index in [-0.39, 0.29) is 5.75 Å². The molecule has 0 heterocycles. The SMILES string of the molecule is CCCCNC(=NC)NCCS(=O)(=O)N(CC)CC. The first-order valence-electron chi connectivity index (χ1n) is 6.94. The highest BCUT2D eigenvalue weighted by Gasteiger charge is 2.17. The number of hydrogen-bond donors (Lipinski definition) is 2. The van der Waals surface area contributed by atoms with Crippen LogP contribution in [0.25, 0.3) is 0 Å². The minimum atomic E-state index is -3.16. The number of sulfonamides is 1. The topological polar surface area (TPSA) is 73.8 Å². The molecule has 6 nitrogen and oxygen atoms in total. The molecule has 0 bridgehead atoms. The van der Waals surface area contributed by atoms with Crippen LogP contribution in [0.2, 0.25) is 0 Å². The lowest BCUT2D eigenvalue weighted by Crippen LogP contribution is -2.42. The molecular weight excluding hydrogens is 264 g/mol. The molecule has 0 rings (SSSR count). The highest BCUT2D eigenvalue weighted by molar-refractivity contribution is 7.89. The molecule has 0 radical (unpaired) electrons. The Morgan fingerprint density at radius 3 is 2.16 bits per heavy atom. The lowest BCUT2D eigenvalue weighted by Gasteiger charge is -2.19. The maximum absolute atomic E-state index is 11.9. The van der Waals surface area contributed by atoms with E-state index >= 15 is 0 Å². The molecule has 19 heavy (non-hydrogen) atoms. The van der Waals surface area contributed by atoms with Gasteiger partial charge in [0.15, 0.2) is 5.96 Å². The highest BCUT2D eigenvalue weighted by atomic mass is 32.2. The predicted octanol–water partition coefficient (Wildman–Crippen LogP) is 0.623. The largest absolute Gasteiger partial charge is 0.356 e. The fraction of sp³-hybridized carbons (Fsp3) is 0.917. The molecule has 2 N–H and O–H groups in total. The van der Waals surface area contributed by atoms with Crippen LogP contribution >= 0.6 is 0 Å². The molecule has 0 aliphatic heterocycles. The first-order valence-corrected chi connectivity index (χ1v) is 8.55. The fourth-order valence-electron chi connectivity index (χ4n) is 1.65. The second kappa shape index (κ2) is 10.0. The van der Waals surface area contributed by atoms with Crippen LogP contribution in [0.15, 0.2) is 4.99 Å². The lowest BCUT2D eigenvalue weighted by atomic mass is 10.3. The standard InChI is InChI=1S/C12H28N4O2S/c1-5-8-9-14-12(13-4)15-10-11-19(17,18)16(6-2)7-3/h5-11H2,1-4H3,(H2,13,14,15). The van der Waals surface area contributed by atoms with E-state index in [4.69, 9.17) is 0 Å². The van der Waals surface area contributed by atoms with E-state index in [0.29, 0.717) is 25.6 Å². The van der Waals surface area contributed by atoms with Gasteiger partial charge in [0.2, 0.25) is 10.0 Å². The fourth-order valence-corrected chi connectivity index (χ4v) is 3.05. The van der Waals surface area contributed by atoms with E-state index in [2.05, 4.69) is 22.5 Å². The molecule has 0 atom stereocenters. The van der Waals surface area contributed by atoms with Crippen LogP contribution < -0.4 is 10.6 Å². The van der Waals surface area contributed by atoms with Crippen LogP contribution in [-0.2, 0) is 10.0 Å². The van der Waals surface area contributed by atoms with Gasteiger partial charge in [-0.15, -0.1) is 0 Å². The van der Waals surface area contributed by atoms with Crippen molar-refractivity contribution in [2.45, 2.75) is 33.6 Å². The van der Waals surface area contributed by atoms with Gasteiger partial charge in [-0.05, 0) is 6.42 Å². The van der Waals surface area contributed by atoms with E-state index in [9.17, 15) is 8.42 Å². The van der Waals surface area contributed by atoms with E-state index in [1.807, 2.05) is 13.8 Å². The van der Waals surface area contributed by atoms with Gasteiger partial charge < -0.3 is 10.6 Å². The molecule has 0 aromatic heterocycles. The summed E-state index contributed by atoms with van der Waals surface area (Å²) in [6.45, 7) is 8.06. The van der Waals surface area contributed by atoms with Gasteiger partial charge in [0, 0.05) is 33.2 Å².